The lowest BCUT2D eigenvalue weighted by atomic mass is 9.67. The third-order valence-electron chi connectivity index (χ3n) is 12.3. The SMILES string of the molecule is c1ccc(-c2nc(-c3ccccc3)nc(-c3cc(-c4ccc5c(c4)C(c4ccccc4)(c4ccccc4)c4ccccc4-5)cc(-c4ccnc5c4sc4ccccc45)c3)n2)cc1. The van der Waals surface area contributed by atoms with Crippen LogP contribution in [0.15, 0.2) is 219 Å². The van der Waals surface area contributed by atoms with Crippen LogP contribution in [-0.2, 0) is 5.41 Å². The second-order valence-corrected chi connectivity index (χ2v) is 16.8. The van der Waals surface area contributed by atoms with Crippen molar-refractivity contribution in [3.8, 4) is 67.5 Å². The fraction of sp³-hybridized carbons (Fsp3) is 0.0175. The van der Waals surface area contributed by atoms with Gasteiger partial charge >= 0.3 is 0 Å². The van der Waals surface area contributed by atoms with Crippen LogP contribution in [0.5, 0.6) is 0 Å². The third-order valence-corrected chi connectivity index (χ3v) is 13.4. The van der Waals surface area contributed by atoms with Gasteiger partial charge < -0.3 is 0 Å². The summed E-state index contributed by atoms with van der Waals surface area (Å²) in [5.74, 6) is 1.87. The lowest BCUT2D eigenvalue weighted by Gasteiger charge is -2.34. The van der Waals surface area contributed by atoms with Crippen molar-refractivity contribution in [2.45, 2.75) is 5.41 Å². The first-order valence-corrected chi connectivity index (χ1v) is 21.7. The Balaban J connectivity index is 1.13. The lowest BCUT2D eigenvalue weighted by molar-refractivity contribution is 0.769. The monoisotopic (exact) mass is 808 g/mol. The molecule has 0 atom stereocenters. The fourth-order valence-electron chi connectivity index (χ4n) is 9.47. The summed E-state index contributed by atoms with van der Waals surface area (Å²) in [6.45, 7) is 0. The first kappa shape index (κ1) is 36.0. The van der Waals surface area contributed by atoms with Crippen molar-refractivity contribution in [2.24, 2.45) is 0 Å². The van der Waals surface area contributed by atoms with Crippen molar-refractivity contribution in [1.29, 1.82) is 0 Å². The number of fused-ring (bicyclic) bond motifs is 6. The first-order valence-electron chi connectivity index (χ1n) is 20.9. The molecule has 290 valence electrons. The van der Waals surface area contributed by atoms with Crippen LogP contribution < -0.4 is 0 Å². The number of rotatable bonds is 7. The minimum Gasteiger partial charge on any atom is -0.255 e. The standard InChI is InChI=1S/C57H36N4S/c1-5-17-37(18-6-1)54-59-55(38-19-7-2-8-20-38)61-56(60-54)42-34-40(33-41(35-42)45-31-32-58-52-48-26-14-16-28-51(48)62-53(45)52)39-29-30-47-46-25-13-15-27-49(46)57(50(47)36-39,43-21-9-3-10-22-43)44-23-11-4-12-24-44/h1-36H. The van der Waals surface area contributed by atoms with Gasteiger partial charge in [0.15, 0.2) is 17.5 Å². The molecule has 0 saturated carbocycles. The highest BCUT2D eigenvalue weighted by Gasteiger charge is 2.46. The van der Waals surface area contributed by atoms with Crippen molar-refractivity contribution >= 4 is 31.6 Å². The number of aromatic nitrogens is 4. The zero-order valence-corrected chi connectivity index (χ0v) is 34.3. The molecule has 3 heterocycles. The van der Waals surface area contributed by atoms with Crippen molar-refractivity contribution in [3.63, 3.8) is 0 Å². The molecule has 1 aliphatic carbocycles. The summed E-state index contributed by atoms with van der Waals surface area (Å²) < 4.78 is 2.37. The Morgan fingerprint density at radius 3 is 1.56 bits per heavy atom. The zero-order valence-electron chi connectivity index (χ0n) is 33.5. The van der Waals surface area contributed by atoms with Crippen LogP contribution in [0.25, 0.3) is 87.8 Å². The van der Waals surface area contributed by atoms with Crippen LogP contribution in [0.1, 0.15) is 22.3 Å². The van der Waals surface area contributed by atoms with Gasteiger partial charge in [-0.3, -0.25) is 4.98 Å². The van der Waals surface area contributed by atoms with Crippen molar-refractivity contribution in [1.82, 2.24) is 19.9 Å². The Bertz CT molecular complexity index is 3360. The van der Waals surface area contributed by atoms with E-state index in [4.69, 9.17) is 19.9 Å². The van der Waals surface area contributed by atoms with E-state index >= 15 is 0 Å². The summed E-state index contributed by atoms with van der Waals surface area (Å²) in [5, 5.41) is 1.17. The number of nitrogens with zero attached hydrogens (tertiary/aromatic N) is 4. The van der Waals surface area contributed by atoms with E-state index in [0.717, 1.165) is 49.2 Å². The highest BCUT2D eigenvalue weighted by molar-refractivity contribution is 7.26. The highest BCUT2D eigenvalue weighted by Crippen LogP contribution is 2.57. The topological polar surface area (TPSA) is 51.6 Å². The van der Waals surface area contributed by atoms with Gasteiger partial charge in [-0.2, -0.15) is 0 Å². The second-order valence-electron chi connectivity index (χ2n) is 15.8. The van der Waals surface area contributed by atoms with Crippen LogP contribution in [0, 0.1) is 0 Å². The molecule has 0 fully saturated rings. The van der Waals surface area contributed by atoms with Crippen LogP contribution in [0.2, 0.25) is 0 Å². The average molecular weight is 809 g/mol. The maximum absolute atomic E-state index is 5.22. The van der Waals surface area contributed by atoms with Crippen molar-refractivity contribution < 1.29 is 0 Å². The molecule has 1 aliphatic rings. The van der Waals surface area contributed by atoms with E-state index in [2.05, 4.69) is 176 Å². The molecule has 0 N–H and O–H groups in total. The summed E-state index contributed by atoms with van der Waals surface area (Å²) in [6.07, 6.45) is 1.94. The summed E-state index contributed by atoms with van der Waals surface area (Å²) in [4.78, 5) is 20.4. The molecule has 3 aromatic heterocycles. The summed E-state index contributed by atoms with van der Waals surface area (Å²) in [7, 11) is 0. The minimum absolute atomic E-state index is 0.525. The van der Waals surface area contributed by atoms with E-state index in [1.54, 1.807) is 11.3 Å². The van der Waals surface area contributed by atoms with Gasteiger partial charge in [-0.25, -0.2) is 15.0 Å². The number of benzene rings is 8. The molecule has 0 spiro atoms. The molecule has 12 rings (SSSR count). The van der Waals surface area contributed by atoms with E-state index < -0.39 is 5.41 Å². The Hall–Kier alpha value is -7.86. The van der Waals surface area contributed by atoms with E-state index in [-0.39, 0.29) is 0 Å². The fourth-order valence-corrected chi connectivity index (χ4v) is 10.7. The van der Waals surface area contributed by atoms with Crippen LogP contribution in [0.4, 0.5) is 0 Å². The molecule has 5 heteroatoms. The number of pyridine rings is 1. The maximum atomic E-state index is 5.22. The molecular formula is C57H36N4S. The van der Waals surface area contributed by atoms with Crippen LogP contribution in [0.3, 0.4) is 0 Å². The van der Waals surface area contributed by atoms with Gasteiger partial charge in [0.05, 0.1) is 15.6 Å². The molecule has 0 radical (unpaired) electrons. The maximum Gasteiger partial charge on any atom is 0.164 e. The number of hydrogen-bond acceptors (Lipinski definition) is 5. The van der Waals surface area contributed by atoms with Gasteiger partial charge in [-0.1, -0.05) is 176 Å². The molecule has 4 nitrogen and oxygen atoms in total. The van der Waals surface area contributed by atoms with Gasteiger partial charge in [0.1, 0.15) is 0 Å². The van der Waals surface area contributed by atoms with Gasteiger partial charge in [0, 0.05) is 38.5 Å². The van der Waals surface area contributed by atoms with E-state index in [9.17, 15) is 0 Å². The largest absolute Gasteiger partial charge is 0.255 e. The van der Waals surface area contributed by atoms with Gasteiger partial charge in [-0.15, -0.1) is 11.3 Å². The van der Waals surface area contributed by atoms with Crippen molar-refractivity contribution in [3.05, 3.63) is 241 Å². The molecular weight excluding hydrogens is 773 g/mol. The Morgan fingerprint density at radius 1 is 0.355 bits per heavy atom. The van der Waals surface area contributed by atoms with Crippen LogP contribution in [-0.4, -0.2) is 19.9 Å². The Morgan fingerprint density at radius 2 is 0.887 bits per heavy atom. The van der Waals surface area contributed by atoms with Crippen molar-refractivity contribution in [2.75, 3.05) is 0 Å². The third kappa shape index (κ3) is 5.81. The van der Waals surface area contributed by atoms with E-state index in [0.29, 0.717) is 17.5 Å². The summed E-state index contributed by atoms with van der Waals surface area (Å²) in [6, 6.07) is 75.8. The molecule has 0 aliphatic heterocycles. The summed E-state index contributed by atoms with van der Waals surface area (Å²) in [5.41, 5.74) is 15.1. The second kappa shape index (κ2) is 14.7. The zero-order chi connectivity index (χ0) is 41.0. The molecule has 0 saturated heterocycles. The first-order chi connectivity index (χ1) is 30.7. The van der Waals surface area contributed by atoms with E-state index in [1.807, 2.05) is 42.6 Å². The van der Waals surface area contributed by atoms with Gasteiger partial charge in [0.2, 0.25) is 0 Å². The Kier molecular flexibility index (Phi) is 8.54. The highest BCUT2D eigenvalue weighted by atomic mass is 32.1. The smallest absolute Gasteiger partial charge is 0.164 e. The lowest BCUT2D eigenvalue weighted by Crippen LogP contribution is -2.28. The Labute approximate surface area is 363 Å². The van der Waals surface area contributed by atoms with E-state index in [1.165, 1.54) is 43.5 Å². The molecule has 11 aromatic rings. The average Bonchev–Trinajstić information content (AvgIpc) is 3.89. The minimum atomic E-state index is -0.525. The number of hydrogen-bond donors (Lipinski definition) is 0. The molecule has 0 bridgehead atoms. The molecule has 62 heavy (non-hydrogen) atoms. The molecule has 0 unspecified atom stereocenters. The van der Waals surface area contributed by atoms with Gasteiger partial charge in [0.25, 0.3) is 0 Å². The van der Waals surface area contributed by atoms with Crippen LogP contribution >= 0.6 is 11.3 Å². The van der Waals surface area contributed by atoms with Gasteiger partial charge in [-0.05, 0) is 86.5 Å². The quantitative estimate of drug-likeness (QED) is 0.161. The predicted octanol–water partition coefficient (Wildman–Crippen LogP) is 14.3. The predicted molar refractivity (Wildman–Crippen MR) is 255 cm³/mol. The number of thiophene rings is 1. The normalized spacial score (nSPS) is 12.6. The molecule has 0 amide bonds. The summed E-state index contributed by atoms with van der Waals surface area (Å²) >= 11 is 1.79. The molecule has 8 aromatic carbocycles.